The van der Waals surface area contributed by atoms with Crippen LogP contribution in [-0.4, -0.2) is 18.5 Å². The van der Waals surface area contributed by atoms with Gasteiger partial charge in [-0.15, -0.1) is 0 Å². The van der Waals surface area contributed by atoms with E-state index >= 15 is 0 Å². The molecule has 9 heavy (non-hydrogen) atoms. The molecule has 1 rings (SSSR count). The van der Waals surface area contributed by atoms with Crippen LogP contribution in [0.3, 0.4) is 0 Å². The van der Waals surface area contributed by atoms with Gasteiger partial charge in [0.15, 0.2) is 5.78 Å². The molecule has 0 spiro atoms. The van der Waals surface area contributed by atoms with E-state index in [0.29, 0.717) is 18.9 Å². The molecule has 0 bridgehead atoms. The number of carbonyl (C=O) groups excluding carboxylic acids is 1. The van der Waals surface area contributed by atoms with Gasteiger partial charge >= 0.3 is 0 Å². The molecule has 1 fully saturated rings. The second-order valence-electron chi connectivity index (χ2n) is 2.84. The Morgan fingerprint density at radius 3 is 2.56 bits per heavy atom. The van der Waals surface area contributed by atoms with Crippen LogP contribution in [0.25, 0.3) is 0 Å². The highest BCUT2D eigenvalue weighted by Crippen LogP contribution is 2.16. The van der Waals surface area contributed by atoms with Crippen LogP contribution in [-0.2, 0) is 9.53 Å². The van der Waals surface area contributed by atoms with Crippen LogP contribution in [0.4, 0.5) is 0 Å². The Bertz CT molecular complexity index is 118. The Morgan fingerprint density at radius 1 is 1.67 bits per heavy atom. The average Bonchev–Trinajstić information content (AvgIpc) is 2.14. The van der Waals surface area contributed by atoms with E-state index in [0.717, 1.165) is 0 Å². The normalized spacial score (nSPS) is 27.9. The Labute approximate surface area is 55.2 Å². The molecular weight excluding hydrogens is 116 g/mol. The van der Waals surface area contributed by atoms with Crippen molar-refractivity contribution in [3.63, 3.8) is 0 Å². The van der Waals surface area contributed by atoms with Crippen LogP contribution in [0.5, 0.6) is 0 Å². The van der Waals surface area contributed by atoms with Gasteiger partial charge in [0.2, 0.25) is 0 Å². The Balaban J connectivity index is 2.39. The molecule has 1 aliphatic heterocycles. The Kier molecular flexibility index (Phi) is 1.86. The van der Waals surface area contributed by atoms with E-state index in [9.17, 15) is 4.79 Å². The van der Waals surface area contributed by atoms with E-state index in [1.807, 2.05) is 0 Å². The van der Waals surface area contributed by atoms with Gasteiger partial charge in [-0.05, 0) is 5.92 Å². The molecule has 0 aromatic heterocycles. The molecule has 52 valence electrons. The zero-order valence-corrected chi connectivity index (χ0v) is 5.89. The predicted molar refractivity (Wildman–Crippen MR) is 34.2 cm³/mol. The van der Waals surface area contributed by atoms with Crippen LogP contribution in [0.1, 0.15) is 20.3 Å². The largest absolute Gasteiger partial charge is 0.370 e. The van der Waals surface area contributed by atoms with Crippen molar-refractivity contribution in [2.24, 2.45) is 5.92 Å². The molecule has 0 radical (unpaired) electrons. The summed E-state index contributed by atoms with van der Waals surface area (Å²) in [6.45, 7) is 4.48. The standard InChI is InChI=1S/C7H12O2/c1-5(2)7-3-6(8)4-9-7/h5,7H,3-4H2,1-2H3/t7-/m0/s1. The molecule has 0 aliphatic carbocycles. The highest BCUT2D eigenvalue weighted by molar-refractivity contribution is 5.81. The molecule has 1 heterocycles. The summed E-state index contributed by atoms with van der Waals surface area (Å²) >= 11 is 0. The number of rotatable bonds is 1. The monoisotopic (exact) mass is 128 g/mol. The fraction of sp³-hybridized carbons (Fsp3) is 0.857. The van der Waals surface area contributed by atoms with Crippen molar-refractivity contribution in [2.75, 3.05) is 6.61 Å². The van der Waals surface area contributed by atoms with Crippen LogP contribution in [0.15, 0.2) is 0 Å². The zero-order valence-electron chi connectivity index (χ0n) is 5.89. The van der Waals surface area contributed by atoms with Crippen molar-refractivity contribution >= 4 is 5.78 Å². The number of hydrogen-bond donors (Lipinski definition) is 0. The van der Waals surface area contributed by atoms with Gasteiger partial charge in [0.25, 0.3) is 0 Å². The maximum absolute atomic E-state index is 10.6. The van der Waals surface area contributed by atoms with Crippen molar-refractivity contribution < 1.29 is 9.53 Å². The van der Waals surface area contributed by atoms with E-state index in [2.05, 4.69) is 13.8 Å². The molecule has 2 heteroatoms. The van der Waals surface area contributed by atoms with Gasteiger partial charge in [0.05, 0.1) is 6.10 Å². The van der Waals surface area contributed by atoms with E-state index in [4.69, 9.17) is 4.74 Å². The van der Waals surface area contributed by atoms with Crippen molar-refractivity contribution in [1.82, 2.24) is 0 Å². The smallest absolute Gasteiger partial charge is 0.161 e. The van der Waals surface area contributed by atoms with Gasteiger partial charge < -0.3 is 4.74 Å². The number of Topliss-reactive ketones (excluding diaryl/α,β-unsaturated/α-hetero) is 1. The van der Waals surface area contributed by atoms with Gasteiger partial charge in [-0.1, -0.05) is 13.8 Å². The third-order valence-corrected chi connectivity index (χ3v) is 1.63. The van der Waals surface area contributed by atoms with Gasteiger partial charge in [-0.2, -0.15) is 0 Å². The zero-order chi connectivity index (χ0) is 6.85. The van der Waals surface area contributed by atoms with Gasteiger partial charge in [-0.25, -0.2) is 0 Å². The fourth-order valence-electron chi connectivity index (χ4n) is 0.970. The summed E-state index contributed by atoms with van der Waals surface area (Å²) in [7, 11) is 0. The molecular formula is C7H12O2. The van der Waals surface area contributed by atoms with E-state index < -0.39 is 0 Å². The summed E-state index contributed by atoms with van der Waals surface area (Å²) in [5, 5.41) is 0. The minimum Gasteiger partial charge on any atom is -0.370 e. The topological polar surface area (TPSA) is 26.3 Å². The third kappa shape index (κ3) is 1.52. The summed E-state index contributed by atoms with van der Waals surface area (Å²) < 4.78 is 5.18. The van der Waals surface area contributed by atoms with E-state index in [1.54, 1.807) is 0 Å². The first-order chi connectivity index (χ1) is 4.20. The number of carbonyl (C=O) groups is 1. The van der Waals surface area contributed by atoms with Crippen molar-refractivity contribution in [2.45, 2.75) is 26.4 Å². The highest BCUT2D eigenvalue weighted by atomic mass is 16.5. The quantitative estimate of drug-likeness (QED) is 0.526. The SMILES string of the molecule is CC(C)[C@@H]1CC(=O)CO1. The van der Waals surface area contributed by atoms with Crippen LogP contribution in [0.2, 0.25) is 0 Å². The van der Waals surface area contributed by atoms with Crippen molar-refractivity contribution in [3.05, 3.63) is 0 Å². The van der Waals surface area contributed by atoms with Gasteiger partial charge in [0, 0.05) is 6.42 Å². The predicted octanol–water partition coefficient (Wildman–Crippen LogP) is 1.00. The maximum Gasteiger partial charge on any atom is 0.161 e. The Morgan fingerprint density at radius 2 is 2.33 bits per heavy atom. The molecule has 0 amide bonds. The third-order valence-electron chi connectivity index (χ3n) is 1.63. The molecule has 1 atom stereocenters. The minimum absolute atomic E-state index is 0.192. The van der Waals surface area contributed by atoms with Crippen LogP contribution >= 0.6 is 0 Å². The van der Waals surface area contributed by atoms with Crippen molar-refractivity contribution in [3.8, 4) is 0 Å². The van der Waals surface area contributed by atoms with Crippen molar-refractivity contribution in [1.29, 1.82) is 0 Å². The summed E-state index contributed by atoms with van der Waals surface area (Å²) in [5.74, 6) is 0.727. The summed E-state index contributed by atoms with van der Waals surface area (Å²) in [6, 6.07) is 0. The molecule has 0 N–H and O–H groups in total. The first-order valence-corrected chi connectivity index (χ1v) is 3.33. The second kappa shape index (κ2) is 2.48. The lowest BCUT2D eigenvalue weighted by atomic mass is 10.0. The lowest BCUT2D eigenvalue weighted by molar-refractivity contribution is -0.117. The summed E-state index contributed by atoms with van der Waals surface area (Å²) in [5.41, 5.74) is 0. The van der Waals surface area contributed by atoms with Gasteiger partial charge in [-0.3, -0.25) is 4.79 Å². The molecule has 0 unspecified atom stereocenters. The van der Waals surface area contributed by atoms with Crippen LogP contribution in [0, 0.1) is 5.92 Å². The van der Waals surface area contributed by atoms with Gasteiger partial charge in [0.1, 0.15) is 6.61 Å². The highest BCUT2D eigenvalue weighted by Gasteiger charge is 2.24. The average molecular weight is 128 g/mol. The van der Waals surface area contributed by atoms with E-state index in [1.165, 1.54) is 0 Å². The summed E-state index contributed by atoms with van der Waals surface area (Å²) in [6.07, 6.45) is 0.815. The Hall–Kier alpha value is -0.370. The van der Waals surface area contributed by atoms with Crippen LogP contribution < -0.4 is 0 Å². The fourth-order valence-corrected chi connectivity index (χ4v) is 0.970. The first kappa shape index (κ1) is 6.75. The lowest BCUT2D eigenvalue weighted by Gasteiger charge is -2.10. The second-order valence-corrected chi connectivity index (χ2v) is 2.84. The molecule has 0 saturated carbocycles. The molecule has 2 nitrogen and oxygen atoms in total. The molecule has 1 saturated heterocycles. The summed E-state index contributed by atoms with van der Waals surface area (Å²) in [4.78, 5) is 10.6. The lowest BCUT2D eigenvalue weighted by Crippen LogP contribution is -2.12. The first-order valence-electron chi connectivity index (χ1n) is 3.33. The molecule has 0 aromatic carbocycles. The maximum atomic E-state index is 10.6. The van der Waals surface area contributed by atoms with E-state index in [-0.39, 0.29) is 11.9 Å². The minimum atomic E-state index is 0.192. The number of hydrogen-bond acceptors (Lipinski definition) is 2. The number of ether oxygens (including phenoxy) is 1. The number of ketones is 1. The molecule has 0 aromatic rings. The molecule has 1 aliphatic rings.